The zero-order valence-electron chi connectivity index (χ0n) is 7.67. The van der Waals surface area contributed by atoms with Gasteiger partial charge in [0.15, 0.2) is 0 Å². The molecule has 0 amide bonds. The number of hydrogen-bond acceptors (Lipinski definition) is 2. The van der Waals surface area contributed by atoms with Crippen LogP contribution in [0.2, 0.25) is 0 Å². The van der Waals surface area contributed by atoms with E-state index in [1.165, 1.54) is 0 Å². The highest BCUT2D eigenvalue weighted by Gasteiger charge is 2.20. The highest BCUT2D eigenvalue weighted by molar-refractivity contribution is 5.50. The van der Waals surface area contributed by atoms with E-state index in [9.17, 15) is 0 Å². The zero-order valence-corrected chi connectivity index (χ0v) is 7.67. The second kappa shape index (κ2) is 3.15. The van der Waals surface area contributed by atoms with Crippen molar-refractivity contribution < 1.29 is 0 Å². The minimum atomic E-state index is -0.0225. The molecule has 0 bridgehead atoms. The molecule has 2 heteroatoms. The molecule has 12 heavy (non-hydrogen) atoms. The Morgan fingerprint density at radius 1 is 1.25 bits per heavy atom. The van der Waals surface area contributed by atoms with Gasteiger partial charge in [0.25, 0.3) is 0 Å². The van der Waals surface area contributed by atoms with Crippen molar-refractivity contribution in [3.63, 3.8) is 0 Å². The van der Waals surface area contributed by atoms with Gasteiger partial charge in [-0.2, -0.15) is 0 Å². The standard InChI is InChI=1S/C10H16N2/c1-10(2,7-11)8-5-3-4-6-9(8)12/h3-6H,7,11-12H2,1-2H3. The number of benzene rings is 1. The summed E-state index contributed by atoms with van der Waals surface area (Å²) in [5, 5.41) is 0. The molecule has 0 aliphatic rings. The molecule has 0 saturated carbocycles. The quantitative estimate of drug-likeness (QED) is 0.651. The molecule has 0 radical (unpaired) electrons. The summed E-state index contributed by atoms with van der Waals surface area (Å²) in [4.78, 5) is 0. The SMILES string of the molecule is CC(C)(CN)c1ccccc1N. The van der Waals surface area contributed by atoms with E-state index in [2.05, 4.69) is 13.8 Å². The molecule has 0 unspecified atom stereocenters. The molecule has 0 spiro atoms. The van der Waals surface area contributed by atoms with Gasteiger partial charge in [-0.15, -0.1) is 0 Å². The number of anilines is 1. The van der Waals surface area contributed by atoms with Crippen LogP contribution in [-0.2, 0) is 5.41 Å². The van der Waals surface area contributed by atoms with Crippen LogP contribution in [0.1, 0.15) is 19.4 Å². The molecule has 4 N–H and O–H groups in total. The maximum Gasteiger partial charge on any atom is 0.0352 e. The van der Waals surface area contributed by atoms with E-state index in [0.29, 0.717) is 6.54 Å². The first kappa shape index (κ1) is 9.07. The normalized spacial score (nSPS) is 11.6. The summed E-state index contributed by atoms with van der Waals surface area (Å²) in [5.74, 6) is 0. The van der Waals surface area contributed by atoms with E-state index >= 15 is 0 Å². The fourth-order valence-electron chi connectivity index (χ4n) is 1.22. The Morgan fingerprint density at radius 2 is 1.83 bits per heavy atom. The van der Waals surface area contributed by atoms with Gasteiger partial charge in [-0.3, -0.25) is 0 Å². The Hall–Kier alpha value is -1.02. The Labute approximate surface area is 73.6 Å². The van der Waals surface area contributed by atoms with Gasteiger partial charge in [-0.05, 0) is 11.6 Å². The third kappa shape index (κ3) is 1.59. The molecule has 2 nitrogen and oxygen atoms in total. The molecule has 0 aliphatic heterocycles. The van der Waals surface area contributed by atoms with Gasteiger partial charge in [0.1, 0.15) is 0 Å². The molecule has 1 aromatic rings. The van der Waals surface area contributed by atoms with Crippen LogP contribution in [0.25, 0.3) is 0 Å². The Morgan fingerprint density at radius 3 is 2.33 bits per heavy atom. The summed E-state index contributed by atoms with van der Waals surface area (Å²) in [6.07, 6.45) is 0. The molecular formula is C10H16N2. The van der Waals surface area contributed by atoms with Crippen LogP contribution in [-0.4, -0.2) is 6.54 Å². The van der Waals surface area contributed by atoms with E-state index in [-0.39, 0.29) is 5.41 Å². The first-order chi connectivity index (χ1) is 5.58. The van der Waals surface area contributed by atoms with E-state index in [0.717, 1.165) is 11.3 Å². The number of nitrogens with two attached hydrogens (primary N) is 2. The van der Waals surface area contributed by atoms with Gasteiger partial charge in [0.2, 0.25) is 0 Å². The lowest BCUT2D eigenvalue weighted by molar-refractivity contribution is 0.541. The molecule has 1 rings (SSSR count). The minimum Gasteiger partial charge on any atom is -0.398 e. The minimum absolute atomic E-state index is 0.0225. The van der Waals surface area contributed by atoms with Crippen molar-refractivity contribution in [3.05, 3.63) is 29.8 Å². The third-order valence-electron chi connectivity index (χ3n) is 2.20. The number of para-hydroxylation sites is 1. The van der Waals surface area contributed by atoms with Crippen molar-refractivity contribution in [1.29, 1.82) is 0 Å². The van der Waals surface area contributed by atoms with Crippen LogP contribution in [0.5, 0.6) is 0 Å². The van der Waals surface area contributed by atoms with Crippen LogP contribution in [0.15, 0.2) is 24.3 Å². The average Bonchev–Trinajstić information content (AvgIpc) is 2.05. The van der Waals surface area contributed by atoms with Crippen LogP contribution >= 0.6 is 0 Å². The summed E-state index contributed by atoms with van der Waals surface area (Å²) in [6.45, 7) is 4.80. The molecular weight excluding hydrogens is 148 g/mol. The summed E-state index contributed by atoms with van der Waals surface area (Å²) in [5.41, 5.74) is 13.4. The van der Waals surface area contributed by atoms with Crippen LogP contribution in [0, 0.1) is 0 Å². The van der Waals surface area contributed by atoms with Crippen LogP contribution < -0.4 is 11.5 Å². The monoisotopic (exact) mass is 164 g/mol. The van der Waals surface area contributed by atoms with Gasteiger partial charge in [-0.25, -0.2) is 0 Å². The maximum absolute atomic E-state index is 5.83. The first-order valence-corrected chi connectivity index (χ1v) is 4.13. The Bertz CT molecular complexity index is 266. The van der Waals surface area contributed by atoms with Gasteiger partial charge in [0.05, 0.1) is 0 Å². The molecule has 1 aromatic carbocycles. The molecule has 0 fully saturated rings. The largest absolute Gasteiger partial charge is 0.398 e. The van der Waals surface area contributed by atoms with Gasteiger partial charge >= 0.3 is 0 Å². The van der Waals surface area contributed by atoms with E-state index in [4.69, 9.17) is 11.5 Å². The van der Waals surface area contributed by atoms with E-state index in [1.54, 1.807) is 0 Å². The number of hydrogen-bond donors (Lipinski definition) is 2. The third-order valence-corrected chi connectivity index (χ3v) is 2.20. The second-order valence-electron chi connectivity index (χ2n) is 3.68. The fourth-order valence-corrected chi connectivity index (χ4v) is 1.22. The molecule has 66 valence electrons. The Kier molecular flexibility index (Phi) is 2.38. The lowest BCUT2D eigenvalue weighted by atomic mass is 9.84. The van der Waals surface area contributed by atoms with Crippen molar-refractivity contribution in [2.45, 2.75) is 19.3 Å². The number of nitrogen functional groups attached to an aromatic ring is 1. The Balaban J connectivity index is 3.10. The summed E-state index contributed by atoms with van der Waals surface area (Å²) < 4.78 is 0. The lowest BCUT2D eigenvalue weighted by Crippen LogP contribution is -2.28. The second-order valence-corrected chi connectivity index (χ2v) is 3.68. The molecule has 0 aliphatic carbocycles. The fraction of sp³-hybridized carbons (Fsp3) is 0.400. The molecule has 0 atom stereocenters. The van der Waals surface area contributed by atoms with Crippen molar-refractivity contribution in [2.75, 3.05) is 12.3 Å². The highest BCUT2D eigenvalue weighted by Crippen LogP contribution is 2.26. The number of rotatable bonds is 2. The van der Waals surface area contributed by atoms with Gasteiger partial charge in [-0.1, -0.05) is 32.0 Å². The first-order valence-electron chi connectivity index (χ1n) is 4.13. The molecule has 0 heterocycles. The van der Waals surface area contributed by atoms with Gasteiger partial charge in [0, 0.05) is 17.6 Å². The van der Waals surface area contributed by atoms with E-state index in [1.807, 2.05) is 24.3 Å². The highest BCUT2D eigenvalue weighted by atomic mass is 14.6. The summed E-state index contributed by atoms with van der Waals surface area (Å²) >= 11 is 0. The molecule has 0 saturated heterocycles. The van der Waals surface area contributed by atoms with Crippen molar-refractivity contribution in [1.82, 2.24) is 0 Å². The predicted octanol–water partition coefficient (Wildman–Crippen LogP) is 1.51. The summed E-state index contributed by atoms with van der Waals surface area (Å²) in [6, 6.07) is 7.86. The van der Waals surface area contributed by atoms with E-state index < -0.39 is 0 Å². The summed E-state index contributed by atoms with van der Waals surface area (Å²) in [7, 11) is 0. The van der Waals surface area contributed by atoms with Crippen molar-refractivity contribution in [2.24, 2.45) is 5.73 Å². The van der Waals surface area contributed by atoms with Crippen molar-refractivity contribution in [3.8, 4) is 0 Å². The lowest BCUT2D eigenvalue weighted by Gasteiger charge is -2.24. The van der Waals surface area contributed by atoms with Gasteiger partial charge < -0.3 is 11.5 Å². The van der Waals surface area contributed by atoms with Crippen LogP contribution in [0.4, 0.5) is 5.69 Å². The van der Waals surface area contributed by atoms with Crippen molar-refractivity contribution >= 4 is 5.69 Å². The molecule has 0 aromatic heterocycles. The average molecular weight is 164 g/mol. The smallest absolute Gasteiger partial charge is 0.0352 e. The van der Waals surface area contributed by atoms with Crippen LogP contribution in [0.3, 0.4) is 0 Å². The topological polar surface area (TPSA) is 52.0 Å². The zero-order chi connectivity index (χ0) is 9.19. The predicted molar refractivity (Wildman–Crippen MR) is 52.9 cm³/mol. The maximum atomic E-state index is 5.83.